The summed E-state index contributed by atoms with van der Waals surface area (Å²) in [6.07, 6.45) is 7.20. The van der Waals surface area contributed by atoms with Gasteiger partial charge in [0.2, 0.25) is 5.91 Å². The van der Waals surface area contributed by atoms with Crippen molar-refractivity contribution in [3.8, 4) is 0 Å². The van der Waals surface area contributed by atoms with Crippen molar-refractivity contribution in [3.63, 3.8) is 0 Å². The van der Waals surface area contributed by atoms with Gasteiger partial charge in [-0.3, -0.25) is 4.79 Å². The monoisotopic (exact) mass is 301 g/mol. The minimum Gasteiger partial charge on any atom is -0.390 e. The third-order valence-electron chi connectivity index (χ3n) is 5.47. The summed E-state index contributed by atoms with van der Waals surface area (Å²) in [6, 6.07) is 10.2. The second-order valence-electron chi connectivity index (χ2n) is 6.97. The third-order valence-corrected chi connectivity index (χ3v) is 5.47. The van der Waals surface area contributed by atoms with Crippen LogP contribution >= 0.6 is 0 Å². The molecule has 1 N–H and O–H groups in total. The topological polar surface area (TPSA) is 40.5 Å². The van der Waals surface area contributed by atoms with Crippen molar-refractivity contribution >= 4 is 5.91 Å². The molecule has 1 aliphatic heterocycles. The van der Waals surface area contributed by atoms with Crippen LogP contribution in [0, 0.1) is 5.92 Å². The van der Waals surface area contributed by atoms with Gasteiger partial charge in [-0.1, -0.05) is 62.4 Å². The van der Waals surface area contributed by atoms with Gasteiger partial charge in [0.1, 0.15) is 0 Å². The number of rotatable bonds is 4. The number of aliphatic hydroxyl groups is 1. The Morgan fingerprint density at radius 3 is 2.55 bits per heavy atom. The molecule has 0 bridgehead atoms. The first-order valence-electron chi connectivity index (χ1n) is 8.71. The number of carbonyl (C=O) groups is 1. The van der Waals surface area contributed by atoms with Crippen LogP contribution in [-0.4, -0.2) is 28.1 Å². The highest BCUT2D eigenvalue weighted by molar-refractivity contribution is 5.80. The van der Waals surface area contributed by atoms with Crippen LogP contribution < -0.4 is 0 Å². The molecule has 0 spiro atoms. The molecular formula is C19H27NO2. The first-order valence-corrected chi connectivity index (χ1v) is 8.71. The molecule has 2 aliphatic rings. The van der Waals surface area contributed by atoms with Gasteiger partial charge in [-0.15, -0.1) is 0 Å². The summed E-state index contributed by atoms with van der Waals surface area (Å²) in [4.78, 5) is 14.4. The van der Waals surface area contributed by atoms with Gasteiger partial charge in [0, 0.05) is 0 Å². The van der Waals surface area contributed by atoms with Crippen LogP contribution in [0.3, 0.4) is 0 Å². The highest BCUT2D eigenvalue weighted by Crippen LogP contribution is 2.36. The number of likely N-dealkylation sites (tertiary alicyclic amines) is 1. The molecule has 0 aromatic heterocycles. The van der Waals surface area contributed by atoms with E-state index in [1.54, 1.807) is 0 Å². The molecule has 2 fully saturated rings. The fourth-order valence-electron chi connectivity index (χ4n) is 4.22. The summed E-state index contributed by atoms with van der Waals surface area (Å²) in [7, 11) is 0. The molecule has 22 heavy (non-hydrogen) atoms. The second-order valence-corrected chi connectivity index (χ2v) is 6.97. The largest absolute Gasteiger partial charge is 0.390 e. The molecule has 120 valence electrons. The molecule has 1 aliphatic carbocycles. The molecule has 0 radical (unpaired) electrons. The lowest BCUT2D eigenvalue weighted by molar-refractivity contribution is -0.131. The number of benzene rings is 1. The van der Waals surface area contributed by atoms with E-state index in [0.717, 1.165) is 12.0 Å². The average Bonchev–Trinajstić information content (AvgIpc) is 2.82. The van der Waals surface area contributed by atoms with Crippen molar-refractivity contribution in [1.29, 1.82) is 0 Å². The van der Waals surface area contributed by atoms with E-state index < -0.39 is 6.10 Å². The fourth-order valence-corrected chi connectivity index (χ4v) is 4.22. The van der Waals surface area contributed by atoms with Crippen molar-refractivity contribution < 1.29 is 9.90 Å². The summed E-state index contributed by atoms with van der Waals surface area (Å²) in [5.41, 5.74) is 1.15. The molecular weight excluding hydrogens is 274 g/mol. The zero-order valence-corrected chi connectivity index (χ0v) is 13.4. The van der Waals surface area contributed by atoms with E-state index in [2.05, 4.69) is 19.1 Å². The Balaban J connectivity index is 1.75. The molecule has 3 heteroatoms. The third kappa shape index (κ3) is 3.19. The van der Waals surface area contributed by atoms with Gasteiger partial charge in [-0.25, -0.2) is 0 Å². The summed E-state index contributed by atoms with van der Waals surface area (Å²) in [5, 5.41) is 10.4. The summed E-state index contributed by atoms with van der Waals surface area (Å²) in [6.45, 7) is 2.08. The summed E-state index contributed by atoms with van der Waals surface area (Å²) < 4.78 is 0. The molecule has 1 saturated heterocycles. The Hall–Kier alpha value is -1.35. The minimum absolute atomic E-state index is 0.00851. The van der Waals surface area contributed by atoms with Crippen molar-refractivity contribution in [1.82, 2.24) is 4.90 Å². The number of aliphatic hydroxyl groups excluding tert-OH is 1. The Kier molecular flexibility index (Phi) is 4.82. The van der Waals surface area contributed by atoms with E-state index >= 15 is 0 Å². The van der Waals surface area contributed by atoms with Crippen LogP contribution in [-0.2, 0) is 4.79 Å². The Morgan fingerprint density at radius 2 is 1.86 bits per heavy atom. The van der Waals surface area contributed by atoms with Crippen LogP contribution in [0.1, 0.15) is 63.5 Å². The smallest absolute Gasteiger partial charge is 0.226 e. The molecule has 3 rings (SSSR count). The van der Waals surface area contributed by atoms with Crippen LogP contribution in [0.2, 0.25) is 0 Å². The lowest BCUT2D eigenvalue weighted by Gasteiger charge is -2.35. The lowest BCUT2D eigenvalue weighted by atomic mass is 9.83. The molecule has 1 aromatic rings. The zero-order valence-electron chi connectivity index (χ0n) is 13.4. The standard InChI is InChI=1S/C19H27NO2/c1-14(16-10-6-3-7-11-16)20-17(18(21)13-19(20)22)12-15-8-4-2-5-9-15/h3,6-7,10-11,14-15,17-18,21H,2,4-5,8-9,12-13H2,1H3/t14-,17+,18+/m1/s1. The van der Waals surface area contributed by atoms with Gasteiger partial charge in [0.25, 0.3) is 0 Å². The first kappa shape index (κ1) is 15.5. The van der Waals surface area contributed by atoms with Crippen molar-refractivity contribution in [2.45, 2.75) is 70.1 Å². The number of hydrogen-bond donors (Lipinski definition) is 1. The highest BCUT2D eigenvalue weighted by atomic mass is 16.3. The molecule has 1 saturated carbocycles. The number of amides is 1. The molecule has 0 unspecified atom stereocenters. The number of carbonyl (C=O) groups excluding carboxylic acids is 1. The molecule has 3 nitrogen and oxygen atoms in total. The molecule has 3 atom stereocenters. The van der Waals surface area contributed by atoms with Gasteiger partial charge in [0.05, 0.1) is 24.6 Å². The van der Waals surface area contributed by atoms with E-state index in [1.807, 2.05) is 23.1 Å². The summed E-state index contributed by atoms with van der Waals surface area (Å²) >= 11 is 0. The maximum atomic E-state index is 12.4. The normalized spacial score (nSPS) is 28.1. The van der Waals surface area contributed by atoms with E-state index in [4.69, 9.17) is 0 Å². The SMILES string of the molecule is C[C@H](c1ccccc1)N1C(=O)C[C@H](O)[C@@H]1CC1CCCCC1. The maximum Gasteiger partial charge on any atom is 0.226 e. The van der Waals surface area contributed by atoms with E-state index in [9.17, 15) is 9.90 Å². The number of nitrogens with zero attached hydrogens (tertiary/aromatic N) is 1. The zero-order chi connectivity index (χ0) is 15.5. The van der Waals surface area contributed by atoms with E-state index in [-0.39, 0.29) is 24.4 Å². The predicted molar refractivity (Wildman–Crippen MR) is 87.3 cm³/mol. The van der Waals surface area contributed by atoms with Crippen LogP contribution in [0.5, 0.6) is 0 Å². The summed E-state index contributed by atoms with van der Waals surface area (Å²) in [5.74, 6) is 0.773. The molecule has 1 amide bonds. The quantitative estimate of drug-likeness (QED) is 0.921. The van der Waals surface area contributed by atoms with Gasteiger partial charge < -0.3 is 10.0 Å². The van der Waals surface area contributed by atoms with Gasteiger partial charge >= 0.3 is 0 Å². The fraction of sp³-hybridized carbons (Fsp3) is 0.632. The van der Waals surface area contributed by atoms with Crippen LogP contribution in [0.25, 0.3) is 0 Å². The molecule has 1 heterocycles. The van der Waals surface area contributed by atoms with Crippen molar-refractivity contribution in [2.24, 2.45) is 5.92 Å². The van der Waals surface area contributed by atoms with Crippen LogP contribution in [0.4, 0.5) is 0 Å². The minimum atomic E-state index is -0.499. The Labute approximate surface area is 133 Å². The highest BCUT2D eigenvalue weighted by Gasteiger charge is 2.42. The second kappa shape index (κ2) is 6.82. The van der Waals surface area contributed by atoms with Crippen molar-refractivity contribution in [3.05, 3.63) is 35.9 Å². The average molecular weight is 301 g/mol. The number of hydrogen-bond acceptors (Lipinski definition) is 2. The van der Waals surface area contributed by atoms with Gasteiger partial charge in [-0.2, -0.15) is 0 Å². The Morgan fingerprint density at radius 1 is 1.18 bits per heavy atom. The van der Waals surface area contributed by atoms with Crippen molar-refractivity contribution in [2.75, 3.05) is 0 Å². The maximum absolute atomic E-state index is 12.4. The van der Waals surface area contributed by atoms with Gasteiger partial charge in [-0.05, 0) is 24.8 Å². The van der Waals surface area contributed by atoms with Crippen LogP contribution in [0.15, 0.2) is 30.3 Å². The predicted octanol–water partition coefficient (Wildman–Crippen LogP) is 3.68. The van der Waals surface area contributed by atoms with Gasteiger partial charge in [0.15, 0.2) is 0 Å². The van der Waals surface area contributed by atoms with E-state index in [0.29, 0.717) is 5.92 Å². The Bertz CT molecular complexity index is 495. The first-order chi connectivity index (χ1) is 10.7. The lowest BCUT2D eigenvalue weighted by Crippen LogP contribution is -2.40. The molecule has 1 aromatic carbocycles. The van der Waals surface area contributed by atoms with E-state index in [1.165, 1.54) is 32.1 Å².